The molecule has 1 rings (SSSR count). The highest BCUT2D eigenvalue weighted by Crippen LogP contribution is 2.11. The van der Waals surface area contributed by atoms with Gasteiger partial charge in [-0.05, 0) is 15.9 Å². The van der Waals surface area contributed by atoms with Gasteiger partial charge in [-0.3, -0.25) is 4.79 Å². The highest BCUT2D eigenvalue weighted by molar-refractivity contribution is 9.10. The Morgan fingerprint density at radius 2 is 2.45 bits per heavy atom. The maximum atomic E-state index is 10.2. The van der Waals surface area contributed by atoms with Crippen LogP contribution in [0.15, 0.2) is 17.1 Å². The number of hydrogen-bond donors (Lipinski definition) is 1. The van der Waals surface area contributed by atoms with E-state index in [-0.39, 0.29) is 6.42 Å². The Morgan fingerprint density at radius 1 is 1.73 bits per heavy atom. The van der Waals surface area contributed by atoms with Gasteiger partial charge in [-0.1, -0.05) is 0 Å². The number of hydrogen-bond acceptors (Lipinski definition) is 3. The summed E-state index contributed by atoms with van der Waals surface area (Å²) >= 11 is 3.11. The van der Waals surface area contributed by atoms with Crippen LogP contribution in [0.1, 0.15) is 5.56 Å². The van der Waals surface area contributed by atoms with E-state index in [0.717, 1.165) is 0 Å². The zero-order valence-electron chi connectivity index (χ0n) is 5.49. The van der Waals surface area contributed by atoms with Crippen LogP contribution in [-0.2, 0) is 11.2 Å². The van der Waals surface area contributed by atoms with Crippen LogP contribution < -0.4 is 0 Å². The van der Waals surface area contributed by atoms with Gasteiger partial charge in [-0.25, -0.2) is 9.97 Å². The normalized spacial score (nSPS) is 9.55. The molecule has 58 valence electrons. The molecule has 0 aliphatic rings. The molecule has 0 unspecified atom stereocenters. The molecule has 1 aromatic rings. The molecule has 0 spiro atoms. The van der Waals surface area contributed by atoms with E-state index < -0.39 is 5.97 Å². The van der Waals surface area contributed by atoms with Crippen molar-refractivity contribution >= 4 is 21.9 Å². The highest BCUT2D eigenvalue weighted by Gasteiger charge is 2.04. The van der Waals surface area contributed by atoms with Crippen molar-refractivity contribution in [1.29, 1.82) is 0 Å². The van der Waals surface area contributed by atoms with Gasteiger partial charge in [0.05, 0.1) is 6.42 Å². The zero-order chi connectivity index (χ0) is 8.27. The Bertz CT molecular complexity index is 277. The van der Waals surface area contributed by atoms with E-state index in [1.54, 1.807) is 0 Å². The molecule has 0 saturated carbocycles. The molecule has 0 radical (unpaired) electrons. The monoisotopic (exact) mass is 216 g/mol. The van der Waals surface area contributed by atoms with E-state index in [9.17, 15) is 4.79 Å². The van der Waals surface area contributed by atoms with Crippen LogP contribution in [0, 0.1) is 0 Å². The number of halogens is 1. The first kappa shape index (κ1) is 8.13. The van der Waals surface area contributed by atoms with E-state index in [1.165, 1.54) is 12.5 Å². The van der Waals surface area contributed by atoms with E-state index >= 15 is 0 Å². The van der Waals surface area contributed by atoms with Crippen molar-refractivity contribution in [1.82, 2.24) is 9.97 Å². The van der Waals surface area contributed by atoms with Crippen LogP contribution in [-0.4, -0.2) is 21.0 Å². The molecule has 1 aromatic heterocycles. The standard InChI is InChI=1S/C6H5BrN2O2/c7-6-4(1-5(10)11)2-8-3-9-6/h2-3H,1H2,(H,10,11). The second-order valence-corrected chi connectivity index (χ2v) is 2.66. The first-order valence-electron chi connectivity index (χ1n) is 2.86. The lowest BCUT2D eigenvalue weighted by Gasteiger charge is -1.96. The minimum atomic E-state index is -0.888. The number of nitrogens with zero attached hydrogens (tertiary/aromatic N) is 2. The summed E-state index contributed by atoms with van der Waals surface area (Å²) in [6.07, 6.45) is 2.78. The number of carboxylic acid groups (broad SMARTS) is 1. The third kappa shape index (κ3) is 2.27. The number of carboxylic acids is 1. The van der Waals surface area contributed by atoms with E-state index in [4.69, 9.17) is 5.11 Å². The predicted molar refractivity (Wildman–Crippen MR) is 41.1 cm³/mol. The maximum absolute atomic E-state index is 10.2. The fourth-order valence-corrected chi connectivity index (χ4v) is 0.959. The number of aromatic nitrogens is 2. The molecular weight excluding hydrogens is 212 g/mol. The van der Waals surface area contributed by atoms with Crippen LogP contribution in [0.2, 0.25) is 0 Å². The van der Waals surface area contributed by atoms with Crippen molar-refractivity contribution in [2.45, 2.75) is 6.42 Å². The molecule has 0 aromatic carbocycles. The van der Waals surface area contributed by atoms with Gasteiger partial charge < -0.3 is 5.11 Å². The van der Waals surface area contributed by atoms with Crippen molar-refractivity contribution in [2.24, 2.45) is 0 Å². The molecule has 0 fully saturated rings. The first-order chi connectivity index (χ1) is 5.20. The van der Waals surface area contributed by atoms with Crippen LogP contribution >= 0.6 is 15.9 Å². The Balaban J connectivity index is 2.86. The maximum Gasteiger partial charge on any atom is 0.307 e. The van der Waals surface area contributed by atoms with Gasteiger partial charge in [0, 0.05) is 11.8 Å². The molecule has 0 saturated heterocycles. The summed E-state index contributed by atoms with van der Waals surface area (Å²) in [7, 11) is 0. The van der Waals surface area contributed by atoms with Crippen LogP contribution in [0.4, 0.5) is 0 Å². The lowest BCUT2D eigenvalue weighted by molar-refractivity contribution is -0.136. The predicted octanol–water partition coefficient (Wildman–Crippen LogP) is 0.866. The molecule has 0 bridgehead atoms. The molecule has 1 heterocycles. The quantitative estimate of drug-likeness (QED) is 0.746. The second kappa shape index (κ2) is 3.43. The summed E-state index contributed by atoms with van der Waals surface area (Å²) in [6.45, 7) is 0. The van der Waals surface area contributed by atoms with Crippen molar-refractivity contribution < 1.29 is 9.90 Å². The van der Waals surface area contributed by atoms with Crippen molar-refractivity contribution in [3.8, 4) is 0 Å². The average molecular weight is 217 g/mol. The first-order valence-corrected chi connectivity index (χ1v) is 3.65. The van der Waals surface area contributed by atoms with Gasteiger partial charge in [0.25, 0.3) is 0 Å². The minimum absolute atomic E-state index is 0.0541. The van der Waals surface area contributed by atoms with E-state index in [2.05, 4.69) is 25.9 Å². The second-order valence-electron chi connectivity index (χ2n) is 1.91. The SMILES string of the molecule is O=C(O)Cc1cncnc1Br. The Labute approximate surface area is 71.4 Å². The third-order valence-electron chi connectivity index (χ3n) is 1.07. The summed E-state index contributed by atoms with van der Waals surface area (Å²) in [5, 5.41) is 8.41. The zero-order valence-corrected chi connectivity index (χ0v) is 7.08. The summed E-state index contributed by atoms with van der Waals surface area (Å²) in [5.74, 6) is -0.888. The lowest BCUT2D eigenvalue weighted by atomic mass is 10.2. The summed E-state index contributed by atoms with van der Waals surface area (Å²) in [6, 6.07) is 0. The number of rotatable bonds is 2. The van der Waals surface area contributed by atoms with Gasteiger partial charge in [0.15, 0.2) is 0 Å². The third-order valence-corrected chi connectivity index (χ3v) is 1.79. The van der Waals surface area contributed by atoms with Crippen LogP contribution in [0.25, 0.3) is 0 Å². The summed E-state index contributed by atoms with van der Waals surface area (Å²) in [4.78, 5) is 17.7. The van der Waals surface area contributed by atoms with Crippen molar-refractivity contribution in [3.63, 3.8) is 0 Å². The minimum Gasteiger partial charge on any atom is -0.481 e. The highest BCUT2D eigenvalue weighted by atomic mass is 79.9. The van der Waals surface area contributed by atoms with Crippen molar-refractivity contribution in [3.05, 3.63) is 22.7 Å². The molecule has 0 aliphatic carbocycles. The summed E-state index contributed by atoms with van der Waals surface area (Å²) in [5.41, 5.74) is 0.583. The van der Waals surface area contributed by atoms with Gasteiger partial charge in [-0.15, -0.1) is 0 Å². The van der Waals surface area contributed by atoms with Gasteiger partial charge >= 0.3 is 5.97 Å². The molecule has 5 heteroatoms. The van der Waals surface area contributed by atoms with E-state index in [1.807, 2.05) is 0 Å². The van der Waals surface area contributed by atoms with Crippen LogP contribution in [0.5, 0.6) is 0 Å². The number of carbonyl (C=O) groups is 1. The van der Waals surface area contributed by atoms with Crippen LogP contribution in [0.3, 0.4) is 0 Å². The fraction of sp³-hybridized carbons (Fsp3) is 0.167. The lowest BCUT2D eigenvalue weighted by Crippen LogP contribution is -2.01. The number of aliphatic carboxylic acids is 1. The van der Waals surface area contributed by atoms with Gasteiger partial charge in [0.2, 0.25) is 0 Å². The largest absolute Gasteiger partial charge is 0.481 e. The Kier molecular flexibility index (Phi) is 2.53. The van der Waals surface area contributed by atoms with Gasteiger partial charge in [0.1, 0.15) is 10.9 Å². The Morgan fingerprint density at radius 3 is 3.00 bits per heavy atom. The molecule has 4 nitrogen and oxygen atoms in total. The van der Waals surface area contributed by atoms with Crippen molar-refractivity contribution in [2.75, 3.05) is 0 Å². The average Bonchev–Trinajstić information content (AvgIpc) is 1.93. The molecule has 0 atom stereocenters. The summed E-state index contributed by atoms with van der Waals surface area (Å²) < 4.78 is 0.537. The fourth-order valence-electron chi connectivity index (χ4n) is 0.625. The smallest absolute Gasteiger partial charge is 0.307 e. The Hall–Kier alpha value is -0.970. The molecular formula is C6H5BrN2O2. The van der Waals surface area contributed by atoms with E-state index in [0.29, 0.717) is 10.2 Å². The topological polar surface area (TPSA) is 63.1 Å². The molecule has 0 aliphatic heterocycles. The molecule has 11 heavy (non-hydrogen) atoms. The molecule has 0 amide bonds. The van der Waals surface area contributed by atoms with Gasteiger partial charge in [-0.2, -0.15) is 0 Å². The molecule has 1 N–H and O–H groups in total.